The molecule has 0 radical (unpaired) electrons. The summed E-state index contributed by atoms with van der Waals surface area (Å²) in [7, 11) is 0. The molecular formula is C12H17N3O4. The van der Waals surface area contributed by atoms with Gasteiger partial charge in [-0.15, -0.1) is 0 Å². The third-order valence-electron chi connectivity index (χ3n) is 3.58. The van der Waals surface area contributed by atoms with Gasteiger partial charge in [0.1, 0.15) is 0 Å². The fraction of sp³-hybridized carbons (Fsp3) is 0.583. The number of amides is 2. The van der Waals surface area contributed by atoms with Crippen molar-refractivity contribution in [2.45, 2.75) is 26.3 Å². The number of urea groups is 1. The van der Waals surface area contributed by atoms with E-state index in [1.807, 2.05) is 0 Å². The molecule has 1 aromatic rings. The number of nitrogens with one attached hydrogen (secondary N) is 1. The lowest BCUT2D eigenvalue weighted by Crippen LogP contribution is -2.48. The summed E-state index contributed by atoms with van der Waals surface area (Å²) >= 11 is 0. The molecule has 7 nitrogen and oxygen atoms in total. The van der Waals surface area contributed by atoms with Crippen LogP contribution in [0.4, 0.5) is 4.79 Å². The molecule has 0 spiro atoms. The Morgan fingerprint density at radius 2 is 2.21 bits per heavy atom. The van der Waals surface area contributed by atoms with Gasteiger partial charge in [-0.25, -0.2) is 4.79 Å². The normalized spacial score (nSPS) is 18.1. The van der Waals surface area contributed by atoms with Gasteiger partial charge >= 0.3 is 12.0 Å². The van der Waals surface area contributed by atoms with Gasteiger partial charge in [-0.05, 0) is 19.8 Å². The van der Waals surface area contributed by atoms with Crippen LogP contribution in [-0.4, -0.2) is 40.3 Å². The van der Waals surface area contributed by atoms with Crippen molar-refractivity contribution in [1.82, 2.24) is 15.4 Å². The number of nitrogens with zero attached hydrogens (tertiary/aromatic N) is 2. The zero-order valence-corrected chi connectivity index (χ0v) is 10.8. The quantitative estimate of drug-likeness (QED) is 0.854. The summed E-state index contributed by atoms with van der Waals surface area (Å²) in [6.07, 6.45) is 2.46. The second kappa shape index (κ2) is 5.29. The van der Waals surface area contributed by atoms with Crippen LogP contribution in [0.3, 0.4) is 0 Å². The smallest absolute Gasteiger partial charge is 0.317 e. The molecule has 0 atom stereocenters. The summed E-state index contributed by atoms with van der Waals surface area (Å²) in [6.45, 7) is 2.90. The fourth-order valence-electron chi connectivity index (χ4n) is 2.03. The number of likely N-dealkylation sites (tertiary alicyclic amines) is 1. The Morgan fingerprint density at radius 1 is 1.53 bits per heavy atom. The van der Waals surface area contributed by atoms with Crippen molar-refractivity contribution in [2.75, 3.05) is 13.1 Å². The molecule has 1 saturated heterocycles. The topological polar surface area (TPSA) is 95.7 Å². The number of aliphatic carboxylic acids is 1. The van der Waals surface area contributed by atoms with Crippen LogP contribution in [0, 0.1) is 5.41 Å². The minimum absolute atomic E-state index is 0.205. The lowest BCUT2D eigenvalue weighted by Gasteiger charge is -2.36. The van der Waals surface area contributed by atoms with Crippen molar-refractivity contribution in [2.24, 2.45) is 5.41 Å². The number of carbonyl (C=O) groups is 2. The number of rotatable bonds is 3. The molecular weight excluding hydrogens is 250 g/mol. The average Bonchev–Trinajstić information content (AvgIpc) is 2.90. The Balaban J connectivity index is 1.81. The molecule has 0 saturated carbocycles. The highest BCUT2D eigenvalue weighted by Crippen LogP contribution is 2.30. The second-order valence-electron chi connectivity index (χ2n) is 4.99. The molecule has 1 aliphatic rings. The van der Waals surface area contributed by atoms with E-state index in [4.69, 9.17) is 9.63 Å². The van der Waals surface area contributed by atoms with Gasteiger partial charge in [-0.2, -0.15) is 0 Å². The lowest BCUT2D eigenvalue weighted by molar-refractivity contribution is -0.150. The maximum Gasteiger partial charge on any atom is 0.317 e. The van der Waals surface area contributed by atoms with Crippen molar-refractivity contribution >= 4 is 12.0 Å². The molecule has 1 aromatic heterocycles. The van der Waals surface area contributed by atoms with E-state index in [1.54, 1.807) is 17.9 Å². The van der Waals surface area contributed by atoms with E-state index in [1.165, 1.54) is 6.20 Å². The van der Waals surface area contributed by atoms with Gasteiger partial charge in [0.2, 0.25) is 0 Å². The van der Waals surface area contributed by atoms with Crippen LogP contribution >= 0.6 is 0 Å². The summed E-state index contributed by atoms with van der Waals surface area (Å²) < 4.78 is 4.87. The summed E-state index contributed by atoms with van der Waals surface area (Å²) in [4.78, 5) is 24.6. The van der Waals surface area contributed by atoms with E-state index in [2.05, 4.69) is 10.5 Å². The number of carboxylic acids is 1. The molecule has 2 rings (SSSR count). The third-order valence-corrected chi connectivity index (χ3v) is 3.58. The minimum atomic E-state index is -0.797. The molecule has 0 bridgehead atoms. The van der Waals surface area contributed by atoms with E-state index in [9.17, 15) is 9.59 Å². The molecule has 2 N–H and O–H groups in total. The first-order chi connectivity index (χ1) is 9.01. The number of hydrogen-bond acceptors (Lipinski definition) is 4. The van der Waals surface area contributed by atoms with Crippen molar-refractivity contribution in [3.63, 3.8) is 0 Å². The Morgan fingerprint density at radius 3 is 2.74 bits per heavy atom. The van der Waals surface area contributed by atoms with Crippen molar-refractivity contribution < 1.29 is 19.2 Å². The highest BCUT2D eigenvalue weighted by Gasteiger charge is 2.37. The van der Waals surface area contributed by atoms with Crippen LogP contribution in [0.25, 0.3) is 0 Å². The minimum Gasteiger partial charge on any atom is -0.481 e. The van der Waals surface area contributed by atoms with E-state index in [-0.39, 0.29) is 12.6 Å². The predicted octanol–water partition coefficient (Wildman–Crippen LogP) is 1.07. The Labute approximate surface area is 110 Å². The third kappa shape index (κ3) is 3.04. The van der Waals surface area contributed by atoms with Gasteiger partial charge in [0.25, 0.3) is 0 Å². The largest absolute Gasteiger partial charge is 0.481 e. The van der Waals surface area contributed by atoms with Gasteiger partial charge in [0.15, 0.2) is 5.76 Å². The number of carbonyl (C=O) groups excluding carboxylic acids is 1. The van der Waals surface area contributed by atoms with Crippen molar-refractivity contribution in [3.8, 4) is 0 Å². The first kappa shape index (κ1) is 13.4. The van der Waals surface area contributed by atoms with Crippen LogP contribution in [0.5, 0.6) is 0 Å². The van der Waals surface area contributed by atoms with Crippen LogP contribution < -0.4 is 5.32 Å². The molecule has 2 amide bonds. The van der Waals surface area contributed by atoms with Gasteiger partial charge < -0.3 is 19.8 Å². The molecule has 1 aliphatic heterocycles. The Kier molecular flexibility index (Phi) is 3.73. The van der Waals surface area contributed by atoms with Crippen LogP contribution in [0.15, 0.2) is 16.8 Å². The van der Waals surface area contributed by atoms with E-state index >= 15 is 0 Å². The van der Waals surface area contributed by atoms with Crippen LogP contribution in [0.2, 0.25) is 0 Å². The summed E-state index contributed by atoms with van der Waals surface area (Å²) in [6, 6.07) is 1.47. The van der Waals surface area contributed by atoms with Gasteiger partial charge in [0.05, 0.1) is 18.2 Å². The monoisotopic (exact) mass is 267 g/mol. The Bertz CT molecular complexity index is 450. The molecule has 0 aromatic carbocycles. The highest BCUT2D eigenvalue weighted by atomic mass is 16.5. The summed E-state index contributed by atoms with van der Waals surface area (Å²) in [5.74, 6) is -0.213. The number of piperidine rings is 1. The first-order valence-electron chi connectivity index (χ1n) is 6.17. The summed E-state index contributed by atoms with van der Waals surface area (Å²) in [5, 5.41) is 15.4. The highest BCUT2D eigenvalue weighted by molar-refractivity contribution is 5.76. The molecule has 0 unspecified atom stereocenters. The van der Waals surface area contributed by atoms with Crippen molar-refractivity contribution in [3.05, 3.63) is 18.0 Å². The zero-order chi connectivity index (χ0) is 13.9. The standard InChI is InChI=1S/C12H17N3O4/c1-12(10(16)17)3-6-15(7-4-12)11(18)13-8-9-2-5-14-19-9/h2,5H,3-4,6-8H2,1H3,(H,13,18)(H,16,17). The second-order valence-corrected chi connectivity index (χ2v) is 4.99. The van der Waals surface area contributed by atoms with Crippen molar-refractivity contribution in [1.29, 1.82) is 0 Å². The van der Waals surface area contributed by atoms with Gasteiger partial charge in [-0.3, -0.25) is 4.79 Å². The Hall–Kier alpha value is -2.05. The maximum absolute atomic E-state index is 11.9. The van der Waals surface area contributed by atoms with E-state index in [0.717, 1.165) is 0 Å². The maximum atomic E-state index is 11.9. The number of aromatic nitrogens is 1. The first-order valence-corrected chi connectivity index (χ1v) is 6.17. The number of carboxylic acid groups (broad SMARTS) is 1. The molecule has 2 heterocycles. The molecule has 1 fully saturated rings. The lowest BCUT2D eigenvalue weighted by atomic mass is 9.80. The molecule has 7 heteroatoms. The van der Waals surface area contributed by atoms with Gasteiger partial charge in [0, 0.05) is 19.2 Å². The molecule has 0 aliphatic carbocycles. The predicted molar refractivity (Wildman–Crippen MR) is 65.3 cm³/mol. The average molecular weight is 267 g/mol. The van der Waals surface area contributed by atoms with Crippen LogP contribution in [0.1, 0.15) is 25.5 Å². The van der Waals surface area contributed by atoms with E-state index < -0.39 is 11.4 Å². The van der Waals surface area contributed by atoms with Gasteiger partial charge in [-0.1, -0.05) is 5.16 Å². The SMILES string of the molecule is CC1(C(=O)O)CCN(C(=O)NCc2ccno2)CC1. The number of hydrogen-bond donors (Lipinski definition) is 2. The fourth-order valence-corrected chi connectivity index (χ4v) is 2.03. The summed E-state index contributed by atoms with van der Waals surface area (Å²) in [5.41, 5.74) is -0.721. The molecule has 19 heavy (non-hydrogen) atoms. The zero-order valence-electron chi connectivity index (χ0n) is 10.8. The van der Waals surface area contributed by atoms with Crippen LogP contribution in [-0.2, 0) is 11.3 Å². The van der Waals surface area contributed by atoms with E-state index in [0.29, 0.717) is 31.7 Å². The molecule has 104 valence electrons.